The molecule has 36 heavy (non-hydrogen) atoms. The van der Waals surface area contributed by atoms with E-state index in [9.17, 15) is 0 Å². The number of fused-ring (bicyclic) bond motifs is 1. The predicted molar refractivity (Wildman–Crippen MR) is 143 cm³/mol. The topological polar surface area (TPSA) is 36.9 Å². The fraction of sp³-hybridized carbons (Fsp3) is 0.250. The van der Waals surface area contributed by atoms with Crippen LogP contribution in [0.3, 0.4) is 0 Å². The van der Waals surface area contributed by atoms with Gasteiger partial charge in [-0.1, -0.05) is 66.7 Å². The molecule has 4 heteroatoms. The first-order valence-corrected chi connectivity index (χ1v) is 12.2. The monoisotopic (exact) mass is 480 g/mol. The molecule has 0 fully saturated rings. The average Bonchev–Trinajstić information content (AvgIpc) is 3.25. The molecule has 0 N–H and O–H groups in total. The summed E-state index contributed by atoms with van der Waals surface area (Å²) < 4.78 is 22.7. The summed E-state index contributed by atoms with van der Waals surface area (Å²) in [7, 11) is 6.75. The quantitative estimate of drug-likeness (QED) is 0.273. The maximum atomic E-state index is 5.75. The molecule has 0 spiro atoms. The van der Waals surface area contributed by atoms with Crippen molar-refractivity contribution in [2.45, 2.75) is 24.2 Å². The van der Waals surface area contributed by atoms with Gasteiger partial charge in [-0.05, 0) is 64.4 Å². The fourth-order valence-corrected chi connectivity index (χ4v) is 5.76. The van der Waals surface area contributed by atoms with E-state index in [1.54, 1.807) is 28.4 Å². The van der Waals surface area contributed by atoms with Crippen molar-refractivity contribution in [3.8, 4) is 23.0 Å². The van der Waals surface area contributed by atoms with Crippen LogP contribution >= 0.6 is 0 Å². The minimum Gasteiger partial charge on any atom is -0.493 e. The second-order valence-electron chi connectivity index (χ2n) is 9.16. The molecule has 4 aromatic rings. The molecule has 4 nitrogen and oxygen atoms in total. The zero-order valence-electron chi connectivity index (χ0n) is 21.2. The number of rotatable bonds is 8. The predicted octanol–water partition coefficient (Wildman–Crippen LogP) is 6.98. The van der Waals surface area contributed by atoms with Crippen molar-refractivity contribution in [3.63, 3.8) is 0 Å². The van der Waals surface area contributed by atoms with Crippen LogP contribution in [-0.2, 0) is 6.42 Å². The molecule has 5 rings (SSSR count). The van der Waals surface area contributed by atoms with Crippen LogP contribution in [0.5, 0.6) is 23.0 Å². The van der Waals surface area contributed by atoms with Gasteiger partial charge in [0.2, 0.25) is 0 Å². The SMILES string of the molecule is COc1ccc([C@H]2c3cc(OC)c(OC)cc3[C@@H](Cc3ccccc3)[C@@H]2c2ccccc2)cc1OC. The standard InChI is InChI=1S/C32H32O4/c1-33-27-16-15-23(18-28(27)34-2)32-26-20-30(36-4)29(35-3)19-24(26)25(17-21-11-7-5-8-12-21)31(32)22-13-9-6-10-14-22/h5-16,18-20,25,31-32H,17H2,1-4H3/t25-,31+,32+/m1/s1. The van der Waals surface area contributed by atoms with Crippen LogP contribution in [0.2, 0.25) is 0 Å². The lowest BCUT2D eigenvalue weighted by atomic mass is 9.76. The zero-order valence-corrected chi connectivity index (χ0v) is 21.2. The van der Waals surface area contributed by atoms with Crippen LogP contribution in [-0.4, -0.2) is 28.4 Å². The number of ether oxygens (including phenoxy) is 4. The molecule has 4 aromatic carbocycles. The lowest BCUT2D eigenvalue weighted by molar-refractivity contribution is 0.353. The Morgan fingerprint density at radius 1 is 0.528 bits per heavy atom. The summed E-state index contributed by atoms with van der Waals surface area (Å²) in [6, 6.07) is 32.2. The van der Waals surface area contributed by atoms with E-state index in [0.717, 1.165) is 29.4 Å². The van der Waals surface area contributed by atoms with Gasteiger partial charge in [-0.3, -0.25) is 0 Å². The van der Waals surface area contributed by atoms with Gasteiger partial charge in [0.15, 0.2) is 23.0 Å². The summed E-state index contributed by atoms with van der Waals surface area (Å²) in [5.74, 6) is 3.54. The van der Waals surface area contributed by atoms with Crippen LogP contribution in [0.1, 0.15) is 45.6 Å². The molecule has 1 aliphatic rings. The first kappa shape index (κ1) is 23.8. The van der Waals surface area contributed by atoms with E-state index in [0.29, 0.717) is 0 Å². The molecule has 0 saturated heterocycles. The lowest BCUT2D eigenvalue weighted by Crippen LogP contribution is -2.14. The highest BCUT2D eigenvalue weighted by Crippen LogP contribution is 2.58. The van der Waals surface area contributed by atoms with Gasteiger partial charge in [-0.2, -0.15) is 0 Å². The normalized spacial score (nSPS) is 18.4. The fourth-order valence-electron chi connectivity index (χ4n) is 5.76. The van der Waals surface area contributed by atoms with Crippen molar-refractivity contribution in [1.82, 2.24) is 0 Å². The third-order valence-corrected chi connectivity index (χ3v) is 7.37. The molecule has 0 aromatic heterocycles. The maximum absolute atomic E-state index is 5.75. The minimum atomic E-state index is 0.107. The van der Waals surface area contributed by atoms with E-state index < -0.39 is 0 Å². The van der Waals surface area contributed by atoms with Crippen LogP contribution in [0, 0.1) is 0 Å². The molecule has 1 aliphatic carbocycles. The Kier molecular flexibility index (Phi) is 6.86. The van der Waals surface area contributed by atoms with Gasteiger partial charge in [0.25, 0.3) is 0 Å². The highest BCUT2D eigenvalue weighted by atomic mass is 16.5. The van der Waals surface area contributed by atoms with Crippen molar-refractivity contribution in [1.29, 1.82) is 0 Å². The first-order valence-electron chi connectivity index (χ1n) is 12.2. The molecule has 0 bridgehead atoms. The highest BCUT2D eigenvalue weighted by molar-refractivity contribution is 5.59. The summed E-state index contributed by atoms with van der Waals surface area (Å²) in [4.78, 5) is 0. The van der Waals surface area contributed by atoms with Crippen molar-refractivity contribution >= 4 is 0 Å². The molecule has 0 unspecified atom stereocenters. The molecule has 0 aliphatic heterocycles. The minimum absolute atomic E-state index is 0.107. The van der Waals surface area contributed by atoms with Gasteiger partial charge in [0, 0.05) is 11.8 Å². The summed E-state index contributed by atoms with van der Waals surface area (Å²) in [5.41, 5.74) is 6.37. The molecular weight excluding hydrogens is 448 g/mol. The largest absolute Gasteiger partial charge is 0.493 e. The molecule has 184 valence electrons. The first-order chi connectivity index (χ1) is 17.7. The lowest BCUT2D eigenvalue weighted by Gasteiger charge is -2.27. The second kappa shape index (κ2) is 10.4. The third kappa shape index (κ3) is 4.28. The zero-order chi connectivity index (χ0) is 25.1. The number of benzene rings is 4. The smallest absolute Gasteiger partial charge is 0.161 e. The Morgan fingerprint density at radius 2 is 1.08 bits per heavy atom. The molecular formula is C32H32O4. The molecule has 0 heterocycles. The van der Waals surface area contributed by atoms with Gasteiger partial charge in [-0.15, -0.1) is 0 Å². The molecule has 0 amide bonds. The van der Waals surface area contributed by atoms with Gasteiger partial charge in [-0.25, -0.2) is 0 Å². The summed E-state index contributed by atoms with van der Waals surface area (Å²) in [5, 5.41) is 0. The van der Waals surface area contributed by atoms with Crippen LogP contribution in [0.4, 0.5) is 0 Å². The number of hydrogen-bond donors (Lipinski definition) is 0. The summed E-state index contributed by atoms with van der Waals surface area (Å²) >= 11 is 0. The highest BCUT2D eigenvalue weighted by Gasteiger charge is 2.43. The van der Waals surface area contributed by atoms with E-state index in [2.05, 4.69) is 84.9 Å². The molecule has 3 atom stereocenters. The van der Waals surface area contributed by atoms with Gasteiger partial charge in [0.05, 0.1) is 28.4 Å². The van der Waals surface area contributed by atoms with Gasteiger partial charge >= 0.3 is 0 Å². The number of hydrogen-bond acceptors (Lipinski definition) is 4. The van der Waals surface area contributed by atoms with Crippen molar-refractivity contribution in [2.75, 3.05) is 28.4 Å². The second-order valence-corrected chi connectivity index (χ2v) is 9.16. The van der Waals surface area contributed by atoms with Crippen LogP contribution in [0.15, 0.2) is 91.0 Å². The average molecular weight is 481 g/mol. The van der Waals surface area contributed by atoms with Crippen LogP contribution in [0.25, 0.3) is 0 Å². The van der Waals surface area contributed by atoms with Crippen molar-refractivity contribution in [3.05, 3.63) is 119 Å². The van der Waals surface area contributed by atoms with E-state index in [1.165, 1.54) is 27.8 Å². The third-order valence-electron chi connectivity index (χ3n) is 7.37. The van der Waals surface area contributed by atoms with Crippen molar-refractivity contribution in [2.24, 2.45) is 0 Å². The van der Waals surface area contributed by atoms with E-state index in [-0.39, 0.29) is 17.8 Å². The summed E-state index contributed by atoms with van der Waals surface area (Å²) in [6.07, 6.45) is 0.923. The van der Waals surface area contributed by atoms with Crippen LogP contribution < -0.4 is 18.9 Å². The van der Waals surface area contributed by atoms with Gasteiger partial charge in [0.1, 0.15) is 0 Å². The van der Waals surface area contributed by atoms with Gasteiger partial charge < -0.3 is 18.9 Å². The Morgan fingerprint density at radius 3 is 1.69 bits per heavy atom. The Labute approximate surface area is 213 Å². The van der Waals surface area contributed by atoms with E-state index in [1.807, 2.05) is 6.07 Å². The number of methoxy groups -OCH3 is 4. The Hall–Kier alpha value is -3.92. The summed E-state index contributed by atoms with van der Waals surface area (Å²) in [6.45, 7) is 0. The Bertz CT molecular complexity index is 1320. The molecule has 0 saturated carbocycles. The van der Waals surface area contributed by atoms with E-state index >= 15 is 0 Å². The van der Waals surface area contributed by atoms with E-state index in [4.69, 9.17) is 18.9 Å². The molecule has 0 radical (unpaired) electrons. The maximum Gasteiger partial charge on any atom is 0.161 e. The Balaban J connectivity index is 1.75. The van der Waals surface area contributed by atoms with Crippen molar-refractivity contribution < 1.29 is 18.9 Å².